The third-order valence-corrected chi connectivity index (χ3v) is 17.9. The van der Waals surface area contributed by atoms with E-state index in [2.05, 4.69) is 212 Å². The molecule has 0 unspecified atom stereocenters. The number of hydrogen-bond donors (Lipinski definition) is 0. The zero-order chi connectivity index (χ0) is 45.8. The van der Waals surface area contributed by atoms with E-state index >= 15 is 0 Å². The molecule has 5 aliphatic rings. The van der Waals surface area contributed by atoms with Gasteiger partial charge in [-0.1, -0.05) is 127 Å². The van der Waals surface area contributed by atoms with Gasteiger partial charge in [-0.05, 0) is 173 Å². The molecule has 328 valence electrons. The van der Waals surface area contributed by atoms with Crippen molar-refractivity contribution in [2.45, 2.75) is 126 Å². The minimum Gasteiger partial charge on any atom is -0.360 e. The molecule has 0 bridgehead atoms. The Hall–Kier alpha value is -5.43. The first-order chi connectivity index (χ1) is 31.7. The standard InChI is InChI=1S/C58H58B2N4S2/c1-31(2)39-13-19-44(20-14-39)61-51-25-35(9)37(11)57-55(51)63(49-23-16-41(33(5)6)28-53(49)65-57)59(61)43-18-21-47-45(30-43)46-27-40(32(3)4)15-22-48(46)62-52-26-36(10)38(12)58-56(52)64(60(47)62)50-24-17-42(34(7)8)29-54(50)66-58/h13-34H,1-12H3. The van der Waals surface area contributed by atoms with Gasteiger partial charge in [-0.3, -0.25) is 0 Å². The molecule has 7 aromatic rings. The molecule has 0 saturated heterocycles. The highest BCUT2D eigenvalue weighted by Gasteiger charge is 2.53. The van der Waals surface area contributed by atoms with Gasteiger partial charge in [-0.2, -0.15) is 0 Å². The molecule has 0 N–H and O–H groups in total. The maximum Gasteiger partial charge on any atom is 0.421 e. The van der Waals surface area contributed by atoms with Crippen molar-refractivity contribution < 1.29 is 0 Å². The molecule has 4 nitrogen and oxygen atoms in total. The second-order valence-corrected chi connectivity index (χ2v) is 22.9. The summed E-state index contributed by atoms with van der Waals surface area (Å²) in [6.07, 6.45) is 0. The number of hydrogen-bond acceptors (Lipinski definition) is 6. The summed E-state index contributed by atoms with van der Waals surface area (Å²) in [5.41, 5.74) is 26.5. The van der Waals surface area contributed by atoms with E-state index in [9.17, 15) is 0 Å². The Balaban J connectivity index is 1.12. The van der Waals surface area contributed by atoms with Crippen molar-refractivity contribution in [1.29, 1.82) is 0 Å². The van der Waals surface area contributed by atoms with E-state index < -0.39 is 0 Å². The lowest BCUT2D eigenvalue weighted by Crippen LogP contribution is -2.58. The van der Waals surface area contributed by atoms with Crippen molar-refractivity contribution in [3.63, 3.8) is 0 Å². The second-order valence-electron chi connectivity index (χ2n) is 20.8. The molecule has 12 rings (SSSR count). The first-order valence-corrected chi connectivity index (χ1v) is 25.8. The van der Waals surface area contributed by atoms with Gasteiger partial charge in [-0.25, -0.2) is 0 Å². The van der Waals surface area contributed by atoms with E-state index in [4.69, 9.17) is 0 Å². The summed E-state index contributed by atoms with van der Waals surface area (Å²) in [6, 6.07) is 43.7. The lowest BCUT2D eigenvalue weighted by molar-refractivity contribution is 0.861. The highest BCUT2D eigenvalue weighted by molar-refractivity contribution is 8.00. The maximum absolute atomic E-state index is 2.70. The minimum absolute atomic E-state index is 0.0372. The average molecular weight is 897 g/mol. The van der Waals surface area contributed by atoms with Crippen molar-refractivity contribution in [1.82, 2.24) is 0 Å². The number of nitrogens with zero attached hydrogens (tertiary/aromatic N) is 4. The Kier molecular flexibility index (Phi) is 9.56. The summed E-state index contributed by atoms with van der Waals surface area (Å²) < 4.78 is 0. The highest BCUT2D eigenvalue weighted by atomic mass is 32.2. The van der Waals surface area contributed by atoms with E-state index in [1.54, 1.807) is 0 Å². The van der Waals surface area contributed by atoms with Crippen molar-refractivity contribution in [2.24, 2.45) is 0 Å². The van der Waals surface area contributed by atoms with Crippen LogP contribution in [0.25, 0.3) is 11.1 Å². The fourth-order valence-electron chi connectivity index (χ4n) is 11.3. The van der Waals surface area contributed by atoms with Crippen molar-refractivity contribution in [2.75, 3.05) is 19.2 Å². The number of anilines is 8. The molecule has 0 radical (unpaired) electrons. The van der Waals surface area contributed by atoms with E-state index in [0.717, 1.165) is 0 Å². The zero-order valence-corrected chi connectivity index (χ0v) is 42.1. The molecular weight excluding hydrogens is 838 g/mol. The minimum atomic E-state index is -0.117. The molecule has 5 aliphatic heterocycles. The monoisotopic (exact) mass is 896 g/mol. The fraction of sp³-hybridized carbons (Fsp3) is 0.276. The Bertz CT molecular complexity index is 3210. The topological polar surface area (TPSA) is 13.0 Å². The van der Waals surface area contributed by atoms with Gasteiger partial charge in [0.2, 0.25) is 0 Å². The van der Waals surface area contributed by atoms with Crippen LogP contribution in [0.5, 0.6) is 0 Å². The summed E-state index contributed by atoms with van der Waals surface area (Å²) in [5.74, 6) is 1.76. The van der Waals surface area contributed by atoms with Gasteiger partial charge in [-0.15, -0.1) is 0 Å². The highest BCUT2D eigenvalue weighted by Crippen LogP contribution is 2.62. The second kappa shape index (κ2) is 15.0. The third-order valence-electron chi connectivity index (χ3n) is 15.4. The largest absolute Gasteiger partial charge is 0.421 e. The predicted molar refractivity (Wildman–Crippen MR) is 287 cm³/mol. The van der Waals surface area contributed by atoms with Crippen LogP contribution in [0.15, 0.2) is 129 Å². The average Bonchev–Trinajstić information content (AvgIpc) is 3.83. The molecule has 7 aromatic carbocycles. The van der Waals surface area contributed by atoms with Crippen LogP contribution < -0.4 is 30.2 Å². The van der Waals surface area contributed by atoms with Crippen LogP contribution in [0, 0.1) is 27.7 Å². The number of rotatable bonds is 6. The van der Waals surface area contributed by atoms with Crippen LogP contribution in [-0.4, -0.2) is 14.0 Å². The first kappa shape index (κ1) is 42.0. The van der Waals surface area contributed by atoms with E-state index in [1.165, 1.54) is 132 Å². The Morgan fingerprint density at radius 1 is 0.394 bits per heavy atom. The van der Waals surface area contributed by atoms with Crippen molar-refractivity contribution in [3.8, 4) is 11.1 Å². The SMILES string of the molecule is Cc1cc2c3c(c1C)Sc1cc(C(C)C)ccc1N3B(c1ccc3c(c1)-c1cc(C(C)C)ccc1N1B3N3c4ccc(C(C)C)cc4Sc4c(C)c(C)cc1c43)N2c1ccc(C(C)C)cc1. The molecule has 0 fully saturated rings. The summed E-state index contributed by atoms with van der Waals surface area (Å²) in [7, 11) is 0. The van der Waals surface area contributed by atoms with Crippen LogP contribution in [-0.2, 0) is 0 Å². The van der Waals surface area contributed by atoms with Gasteiger partial charge in [0.05, 0.1) is 22.7 Å². The summed E-state index contributed by atoms with van der Waals surface area (Å²) >= 11 is 3.93. The summed E-state index contributed by atoms with van der Waals surface area (Å²) in [4.78, 5) is 16.2. The Morgan fingerprint density at radius 2 is 0.864 bits per heavy atom. The van der Waals surface area contributed by atoms with Crippen LogP contribution >= 0.6 is 23.5 Å². The van der Waals surface area contributed by atoms with Crippen LogP contribution in [0.4, 0.5) is 45.5 Å². The lowest BCUT2D eigenvalue weighted by atomic mass is 9.56. The fourth-order valence-corrected chi connectivity index (χ4v) is 13.9. The van der Waals surface area contributed by atoms with Gasteiger partial charge < -0.3 is 19.2 Å². The molecule has 8 heteroatoms. The molecule has 0 aromatic heterocycles. The lowest BCUT2D eigenvalue weighted by Gasteiger charge is -2.39. The maximum atomic E-state index is 2.70. The molecule has 0 saturated carbocycles. The van der Waals surface area contributed by atoms with Gasteiger partial charge in [0, 0.05) is 47.9 Å². The van der Waals surface area contributed by atoms with Gasteiger partial charge in [0.25, 0.3) is 0 Å². The number of fused-ring (bicyclic) bond motifs is 12. The number of aryl methyl sites for hydroxylation is 2. The van der Waals surface area contributed by atoms with E-state index in [0.29, 0.717) is 23.7 Å². The third kappa shape index (κ3) is 5.95. The van der Waals surface area contributed by atoms with Crippen molar-refractivity contribution in [3.05, 3.63) is 154 Å². The van der Waals surface area contributed by atoms with Crippen LogP contribution in [0.3, 0.4) is 0 Å². The van der Waals surface area contributed by atoms with Gasteiger partial charge in [0.15, 0.2) is 0 Å². The quantitative estimate of drug-likeness (QED) is 0.153. The number of benzene rings is 7. The Morgan fingerprint density at radius 3 is 1.39 bits per heavy atom. The molecule has 0 amide bonds. The van der Waals surface area contributed by atoms with Gasteiger partial charge in [0.1, 0.15) is 0 Å². The van der Waals surface area contributed by atoms with Crippen LogP contribution in [0.2, 0.25) is 0 Å². The predicted octanol–water partition coefficient (Wildman–Crippen LogP) is 15.7. The summed E-state index contributed by atoms with van der Waals surface area (Å²) in [6.45, 7) is 27.6. The normalized spacial score (nSPS) is 14.9. The molecule has 5 heterocycles. The smallest absolute Gasteiger partial charge is 0.360 e. The molecule has 66 heavy (non-hydrogen) atoms. The molecule has 0 atom stereocenters. The van der Waals surface area contributed by atoms with E-state index in [1.807, 2.05) is 23.5 Å². The van der Waals surface area contributed by atoms with Crippen molar-refractivity contribution >= 4 is 93.9 Å². The molecule has 0 spiro atoms. The first-order valence-electron chi connectivity index (χ1n) is 24.2. The summed E-state index contributed by atoms with van der Waals surface area (Å²) in [5, 5.41) is 0. The van der Waals surface area contributed by atoms with Crippen LogP contribution in [0.1, 0.15) is 124 Å². The Labute approximate surface area is 402 Å². The molecule has 0 aliphatic carbocycles. The zero-order valence-electron chi connectivity index (χ0n) is 40.5. The van der Waals surface area contributed by atoms with E-state index in [-0.39, 0.29) is 14.0 Å². The van der Waals surface area contributed by atoms with Gasteiger partial charge >= 0.3 is 14.0 Å². The molecular formula is C58H58B2N4S2.